The SMILES string of the molecule is COC(=O)[C@H]1C[C@@H]2C[C@H]1[CH][C@H]2OC(C)=O. The molecular formula is C11H15O4. The Bertz CT molecular complexity index is 286. The number of hydrogen-bond acceptors (Lipinski definition) is 4. The normalized spacial score (nSPS) is 37.7. The van der Waals surface area contributed by atoms with E-state index in [2.05, 4.69) is 0 Å². The fraction of sp³-hybridized carbons (Fsp3) is 0.727. The van der Waals surface area contributed by atoms with Crippen LogP contribution >= 0.6 is 0 Å². The Hall–Kier alpha value is -1.06. The van der Waals surface area contributed by atoms with Gasteiger partial charge in [0.05, 0.1) is 13.0 Å². The van der Waals surface area contributed by atoms with Crippen LogP contribution in [0.5, 0.6) is 0 Å². The molecule has 4 atom stereocenters. The highest BCUT2D eigenvalue weighted by Crippen LogP contribution is 2.49. The minimum Gasteiger partial charge on any atom is -0.469 e. The number of carbonyl (C=O) groups excluding carboxylic acids is 2. The van der Waals surface area contributed by atoms with Crippen molar-refractivity contribution in [2.75, 3.05) is 7.11 Å². The lowest BCUT2D eigenvalue weighted by molar-refractivity contribution is -0.149. The largest absolute Gasteiger partial charge is 0.469 e. The third-order valence-electron chi connectivity index (χ3n) is 3.36. The molecule has 0 unspecified atom stereocenters. The molecule has 0 N–H and O–H groups in total. The van der Waals surface area contributed by atoms with Gasteiger partial charge in [-0.15, -0.1) is 0 Å². The fourth-order valence-electron chi connectivity index (χ4n) is 2.74. The van der Waals surface area contributed by atoms with Gasteiger partial charge in [0.25, 0.3) is 0 Å². The van der Waals surface area contributed by atoms with Crippen molar-refractivity contribution in [3.05, 3.63) is 6.42 Å². The average molecular weight is 211 g/mol. The van der Waals surface area contributed by atoms with Gasteiger partial charge in [0.1, 0.15) is 6.10 Å². The van der Waals surface area contributed by atoms with E-state index in [0.717, 1.165) is 12.8 Å². The first-order valence-electron chi connectivity index (χ1n) is 5.22. The summed E-state index contributed by atoms with van der Waals surface area (Å²) in [5.74, 6) is 0.125. The molecule has 15 heavy (non-hydrogen) atoms. The van der Waals surface area contributed by atoms with E-state index in [4.69, 9.17) is 9.47 Å². The molecule has 0 amide bonds. The van der Waals surface area contributed by atoms with Crippen LogP contribution in [0.3, 0.4) is 0 Å². The van der Waals surface area contributed by atoms with E-state index in [1.54, 1.807) is 0 Å². The first-order chi connectivity index (χ1) is 7.11. The molecule has 4 heteroatoms. The Labute approximate surface area is 88.9 Å². The summed E-state index contributed by atoms with van der Waals surface area (Å²) in [6.45, 7) is 1.41. The lowest BCUT2D eigenvalue weighted by Crippen LogP contribution is -2.31. The number of hydrogen-bond donors (Lipinski definition) is 0. The number of rotatable bonds is 2. The van der Waals surface area contributed by atoms with Crippen molar-refractivity contribution in [1.82, 2.24) is 0 Å². The highest BCUT2D eigenvalue weighted by Gasteiger charge is 2.50. The predicted octanol–water partition coefficient (Wildman–Crippen LogP) is 0.951. The van der Waals surface area contributed by atoms with E-state index in [1.807, 2.05) is 6.42 Å². The molecule has 0 saturated heterocycles. The molecule has 2 rings (SSSR count). The van der Waals surface area contributed by atoms with Crippen LogP contribution in [0, 0.1) is 24.2 Å². The van der Waals surface area contributed by atoms with Crippen molar-refractivity contribution < 1.29 is 19.1 Å². The third-order valence-corrected chi connectivity index (χ3v) is 3.36. The second-order valence-electron chi connectivity index (χ2n) is 4.29. The molecule has 2 aliphatic rings. The van der Waals surface area contributed by atoms with Crippen LogP contribution < -0.4 is 0 Å². The van der Waals surface area contributed by atoms with Crippen molar-refractivity contribution in [1.29, 1.82) is 0 Å². The van der Waals surface area contributed by atoms with Crippen molar-refractivity contribution >= 4 is 11.9 Å². The van der Waals surface area contributed by atoms with Gasteiger partial charge < -0.3 is 9.47 Å². The maximum absolute atomic E-state index is 11.4. The van der Waals surface area contributed by atoms with Gasteiger partial charge in [0, 0.05) is 13.3 Å². The summed E-state index contributed by atoms with van der Waals surface area (Å²) in [6.07, 6.45) is 3.62. The molecule has 4 nitrogen and oxygen atoms in total. The standard InChI is InChI=1S/C11H15O4/c1-6(12)15-10-5-7-3-8(10)4-9(7)11(13)14-2/h5,7-10H,3-4H2,1-2H3/t7-,8-,9-,10+/m0/s1. The zero-order chi connectivity index (χ0) is 11.0. The summed E-state index contributed by atoms with van der Waals surface area (Å²) in [5, 5.41) is 0. The highest BCUT2D eigenvalue weighted by molar-refractivity contribution is 5.74. The van der Waals surface area contributed by atoms with Gasteiger partial charge in [0.15, 0.2) is 0 Å². The van der Waals surface area contributed by atoms with Crippen LogP contribution in [-0.4, -0.2) is 25.2 Å². The van der Waals surface area contributed by atoms with E-state index in [0.29, 0.717) is 5.92 Å². The zero-order valence-corrected chi connectivity index (χ0v) is 8.93. The molecule has 2 bridgehead atoms. The summed E-state index contributed by atoms with van der Waals surface area (Å²) in [6, 6.07) is 0. The molecular weight excluding hydrogens is 196 g/mol. The van der Waals surface area contributed by atoms with Gasteiger partial charge >= 0.3 is 11.9 Å². The lowest BCUT2D eigenvalue weighted by atomic mass is 9.87. The van der Waals surface area contributed by atoms with Crippen molar-refractivity contribution in [3.63, 3.8) is 0 Å². The average Bonchev–Trinajstić information content (AvgIpc) is 2.74. The van der Waals surface area contributed by atoms with E-state index >= 15 is 0 Å². The van der Waals surface area contributed by atoms with Crippen molar-refractivity contribution in [2.24, 2.45) is 17.8 Å². The van der Waals surface area contributed by atoms with Crippen LogP contribution in [0.25, 0.3) is 0 Å². The molecule has 2 saturated carbocycles. The Morgan fingerprint density at radius 2 is 2.07 bits per heavy atom. The second-order valence-corrected chi connectivity index (χ2v) is 4.29. The number of ether oxygens (including phenoxy) is 2. The van der Waals surface area contributed by atoms with E-state index in [9.17, 15) is 9.59 Å². The monoisotopic (exact) mass is 211 g/mol. The quantitative estimate of drug-likeness (QED) is 0.638. The summed E-state index contributed by atoms with van der Waals surface area (Å²) in [4.78, 5) is 22.2. The maximum Gasteiger partial charge on any atom is 0.308 e. The van der Waals surface area contributed by atoms with Gasteiger partial charge in [0.2, 0.25) is 0 Å². The number of carbonyl (C=O) groups is 2. The summed E-state index contributed by atoms with van der Waals surface area (Å²) in [5.41, 5.74) is 0. The van der Waals surface area contributed by atoms with Gasteiger partial charge in [-0.3, -0.25) is 9.59 Å². The molecule has 0 heterocycles. The lowest BCUT2D eigenvalue weighted by Gasteiger charge is -2.25. The first kappa shape index (κ1) is 10.5. The number of esters is 2. The van der Waals surface area contributed by atoms with Gasteiger partial charge in [-0.25, -0.2) is 0 Å². The minimum atomic E-state index is -0.251. The topological polar surface area (TPSA) is 52.6 Å². The predicted molar refractivity (Wildman–Crippen MR) is 51.6 cm³/mol. The number of methoxy groups -OCH3 is 1. The second kappa shape index (κ2) is 3.83. The van der Waals surface area contributed by atoms with Crippen LogP contribution in [0.15, 0.2) is 0 Å². The van der Waals surface area contributed by atoms with E-state index < -0.39 is 0 Å². The Morgan fingerprint density at radius 1 is 1.33 bits per heavy atom. The molecule has 2 fully saturated rings. The maximum atomic E-state index is 11.4. The van der Waals surface area contributed by atoms with Crippen molar-refractivity contribution in [3.8, 4) is 0 Å². The summed E-state index contributed by atoms with van der Waals surface area (Å²) in [7, 11) is 1.41. The van der Waals surface area contributed by atoms with Crippen LogP contribution in [0.2, 0.25) is 0 Å². The van der Waals surface area contributed by atoms with Gasteiger partial charge in [-0.2, -0.15) is 0 Å². The molecule has 0 aromatic heterocycles. The highest BCUT2D eigenvalue weighted by atomic mass is 16.5. The molecule has 0 aromatic carbocycles. The third kappa shape index (κ3) is 1.85. The van der Waals surface area contributed by atoms with Crippen LogP contribution in [0.1, 0.15) is 19.8 Å². The zero-order valence-electron chi connectivity index (χ0n) is 8.93. The summed E-state index contributed by atoms with van der Waals surface area (Å²) < 4.78 is 9.90. The summed E-state index contributed by atoms with van der Waals surface area (Å²) >= 11 is 0. The Kier molecular flexibility index (Phi) is 2.67. The van der Waals surface area contributed by atoms with E-state index in [1.165, 1.54) is 14.0 Å². The molecule has 83 valence electrons. The molecule has 0 aliphatic heterocycles. The number of fused-ring (bicyclic) bond motifs is 2. The Morgan fingerprint density at radius 3 is 2.53 bits per heavy atom. The minimum absolute atomic E-state index is 0.0215. The van der Waals surface area contributed by atoms with Crippen LogP contribution in [-0.2, 0) is 19.1 Å². The van der Waals surface area contributed by atoms with Gasteiger partial charge in [-0.1, -0.05) is 0 Å². The molecule has 1 radical (unpaired) electrons. The Balaban J connectivity index is 1.94. The molecule has 0 aromatic rings. The van der Waals surface area contributed by atoms with E-state index in [-0.39, 0.29) is 29.9 Å². The molecule has 0 spiro atoms. The first-order valence-corrected chi connectivity index (χ1v) is 5.22. The fourth-order valence-corrected chi connectivity index (χ4v) is 2.74. The smallest absolute Gasteiger partial charge is 0.308 e. The molecule has 2 aliphatic carbocycles. The van der Waals surface area contributed by atoms with Gasteiger partial charge in [-0.05, 0) is 24.7 Å². The van der Waals surface area contributed by atoms with Crippen LogP contribution in [0.4, 0.5) is 0 Å². The van der Waals surface area contributed by atoms with Crippen molar-refractivity contribution in [2.45, 2.75) is 25.9 Å².